The lowest BCUT2D eigenvalue weighted by atomic mass is 9.93. The molecule has 6 nitrogen and oxygen atoms in total. The number of carbonyl (C=O) groups is 2. The normalized spacial score (nSPS) is 24.1. The topological polar surface area (TPSA) is 85.5 Å². The molecule has 1 aliphatic heterocycles. The lowest BCUT2D eigenvalue weighted by Crippen LogP contribution is -2.46. The highest BCUT2D eigenvalue weighted by molar-refractivity contribution is 7.15. The van der Waals surface area contributed by atoms with Crippen LogP contribution in [0.5, 0.6) is 5.75 Å². The van der Waals surface area contributed by atoms with Crippen LogP contribution in [0.15, 0.2) is 24.3 Å². The molecular formula is C20H23N3O3S. The van der Waals surface area contributed by atoms with Crippen molar-refractivity contribution in [2.24, 2.45) is 17.6 Å². The third kappa shape index (κ3) is 3.10. The fourth-order valence-corrected chi connectivity index (χ4v) is 5.45. The number of hydrogen-bond acceptors (Lipinski definition) is 5. The molecule has 3 unspecified atom stereocenters. The molecule has 1 aromatic heterocycles. The van der Waals surface area contributed by atoms with Crippen LogP contribution in [0.4, 0.5) is 0 Å². The maximum Gasteiger partial charge on any atom is 0.274 e. The molecule has 4 rings (SSSR count). The van der Waals surface area contributed by atoms with E-state index in [2.05, 4.69) is 4.98 Å². The summed E-state index contributed by atoms with van der Waals surface area (Å²) in [4.78, 5) is 32.5. The molecule has 2 N–H and O–H groups in total. The molecular weight excluding hydrogens is 362 g/mol. The van der Waals surface area contributed by atoms with E-state index >= 15 is 0 Å². The Bertz CT molecular complexity index is 894. The quantitative estimate of drug-likeness (QED) is 0.877. The number of likely N-dealkylation sites (tertiary alicyclic amines) is 1. The van der Waals surface area contributed by atoms with Gasteiger partial charge in [0, 0.05) is 6.54 Å². The Balaban J connectivity index is 1.71. The Labute approximate surface area is 162 Å². The van der Waals surface area contributed by atoms with Gasteiger partial charge < -0.3 is 15.4 Å². The van der Waals surface area contributed by atoms with Gasteiger partial charge >= 0.3 is 0 Å². The Hall–Kier alpha value is -2.41. The molecule has 1 aliphatic carbocycles. The maximum absolute atomic E-state index is 13.4. The average molecular weight is 385 g/mol. The van der Waals surface area contributed by atoms with E-state index in [1.807, 2.05) is 31.2 Å². The summed E-state index contributed by atoms with van der Waals surface area (Å²) in [6, 6.07) is 7.07. The molecule has 2 aromatic rings. The number of hydrogen-bond donors (Lipinski definition) is 1. The molecule has 0 spiro atoms. The van der Waals surface area contributed by atoms with Gasteiger partial charge in [0.05, 0.1) is 17.0 Å². The molecule has 0 radical (unpaired) electrons. The Kier molecular flexibility index (Phi) is 4.63. The van der Waals surface area contributed by atoms with Crippen LogP contribution in [-0.2, 0) is 4.79 Å². The summed E-state index contributed by atoms with van der Waals surface area (Å²) in [5.41, 5.74) is 6.97. The maximum atomic E-state index is 13.4. The van der Waals surface area contributed by atoms with Crippen molar-refractivity contribution in [3.8, 4) is 16.2 Å². The fraction of sp³-hybridized carbons (Fsp3) is 0.450. The van der Waals surface area contributed by atoms with Gasteiger partial charge in [0.15, 0.2) is 0 Å². The van der Waals surface area contributed by atoms with Gasteiger partial charge in [-0.05, 0) is 49.3 Å². The minimum Gasteiger partial charge on any atom is -0.497 e. The first kappa shape index (κ1) is 18.0. The summed E-state index contributed by atoms with van der Waals surface area (Å²) in [5.74, 6) is 0.670. The SMILES string of the molecule is COc1cccc(-c2sc(C)nc2C(=O)N2CC3CCCC3C2C(N)=O)c1. The number of aryl methyl sites for hydroxylation is 1. The molecule has 142 valence electrons. The first-order chi connectivity index (χ1) is 13.0. The lowest BCUT2D eigenvalue weighted by Gasteiger charge is -2.25. The van der Waals surface area contributed by atoms with Gasteiger partial charge in [-0.1, -0.05) is 18.6 Å². The average Bonchev–Trinajstić information content (AvgIpc) is 3.34. The summed E-state index contributed by atoms with van der Waals surface area (Å²) < 4.78 is 5.31. The number of thiazole rings is 1. The molecule has 0 bridgehead atoms. The Morgan fingerprint density at radius 3 is 2.89 bits per heavy atom. The number of primary amides is 1. The summed E-state index contributed by atoms with van der Waals surface area (Å²) in [6.07, 6.45) is 3.12. The van der Waals surface area contributed by atoms with E-state index in [-0.39, 0.29) is 11.8 Å². The first-order valence-corrected chi connectivity index (χ1v) is 10.0. The van der Waals surface area contributed by atoms with E-state index in [1.54, 1.807) is 12.0 Å². The number of benzene rings is 1. The van der Waals surface area contributed by atoms with E-state index in [4.69, 9.17) is 10.5 Å². The number of nitrogens with zero attached hydrogens (tertiary/aromatic N) is 2. The number of methoxy groups -OCH3 is 1. The second-order valence-electron chi connectivity index (χ2n) is 7.30. The molecule has 2 amide bonds. The molecule has 3 atom stereocenters. The van der Waals surface area contributed by atoms with Gasteiger partial charge in [-0.25, -0.2) is 4.98 Å². The van der Waals surface area contributed by atoms with Crippen LogP contribution in [0.3, 0.4) is 0 Å². The molecule has 1 saturated carbocycles. The summed E-state index contributed by atoms with van der Waals surface area (Å²) in [6.45, 7) is 2.47. The number of ether oxygens (including phenoxy) is 1. The van der Waals surface area contributed by atoms with Gasteiger partial charge in [0.2, 0.25) is 5.91 Å². The van der Waals surface area contributed by atoms with Gasteiger partial charge in [0.1, 0.15) is 17.5 Å². The summed E-state index contributed by atoms with van der Waals surface area (Å²) in [7, 11) is 1.61. The third-order valence-electron chi connectivity index (χ3n) is 5.71. The highest BCUT2D eigenvalue weighted by Gasteiger charge is 2.49. The van der Waals surface area contributed by atoms with Gasteiger partial charge in [-0.3, -0.25) is 9.59 Å². The monoisotopic (exact) mass is 385 g/mol. The number of fused-ring (bicyclic) bond motifs is 1. The summed E-state index contributed by atoms with van der Waals surface area (Å²) >= 11 is 1.47. The Morgan fingerprint density at radius 1 is 1.33 bits per heavy atom. The molecule has 1 saturated heterocycles. The minimum atomic E-state index is -0.523. The largest absolute Gasteiger partial charge is 0.497 e. The lowest BCUT2D eigenvalue weighted by molar-refractivity contribution is -0.122. The van der Waals surface area contributed by atoms with Crippen molar-refractivity contribution in [3.63, 3.8) is 0 Å². The standard InChI is InChI=1S/C20H23N3O3S/c1-11-22-16(18(27-11)12-5-3-7-14(9-12)26-2)20(25)23-10-13-6-4-8-15(13)17(23)19(21)24/h3,5,7,9,13,15,17H,4,6,8,10H2,1-2H3,(H2,21,24). The van der Waals surface area contributed by atoms with Crippen molar-refractivity contribution >= 4 is 23.2 Å². The highest BCUT2D eigenvalue weighted by Crippen LogP contribution is 2.43. The minimum absolute atomic E-state index is 0.187. The van der Waals surface area contributed by atoms with Crippen molar-refractivity contribution < 1.29 is 14.3 Å². The predicted octanol–water partition coefficient (Wildman–Crippen LogP) is 2.85. The fourth-order valence-electron chi connectivity index (χ4n) is 4.55. The summed E-state index contributed by atoms with van der Waals surface area (Å²) in [5, 5.41) is 0.811. The number of rotatable bonds is 4. The van der Waals surface area contributed by atoms with E-state index in [0.29, 0.717) is 18.2 Å². The van der Waals surface area contributed by atoms with E-state index < -0.39 is 11.9 Å². The molecule has 2 aliphatic rings. The molecule has 27 heavy (non-hydrogen) atoms. The van der Waals surface area contributed by atoms with Crippen LogP contribution in [0.25, 0.3) is 10.4 Å². The number of nitrogens with two attached hydrogens (primary N) is 1. The van der Waals surface area contributed by atoms with E-state index in [0.717, 1.165) is 40.5 Å². The van der Waals surface area contributed by atoms with Crippen molar-refractivity contribution in [1.29, 1.82) is 0 Å². The zero-order chi connectivity index (χ0) is 19.1. The second kappa shape index (κ2) is 6.96. The van der Waals surface area contributed by atoms with Crippen LogP contribution < -0.4 is 10.5 Å². The highest BCUT2D eigenvalue weighted by atomic mass is 32.1. The zero-order valence-corrected chi connectivity index (χ0v) is 16.3. The molecule has 2 fully saturated rings. The van der Waals surface area contributed by atoms with Crippen molar-refractivity contribution in [2.75, 3.05) is 13.7 Å². The van der Waals surface area contributed by atoms with Crippen molar-refractivity contribution in [2.45, 2.75) is 32.2 Å². The first-order valence-electron chi connectivity index (χ1n) is 9.21. The zero-order valence-electron chi connectivity index (χ0n) is 15.5. The molecule has 1 aromatic carbocycles. The third-order valence-corrected chi connectivity index (χ3v) is 6.73. The van der Waals surface area contributed by atoms with E-state index in [1.165, 1.54) is 11.3 Å². The Morgan fingerprint density at radius 2 is 2.15 bits per heavy atom. The van der Waals surface area contributed by atoms with Crippen LogP contribution in [-0.4, -0.2) is 41.4 Å². The van der Waals surface area contributed by atoms with Gasteiger partial charge in [-0.2, -0.15) is 0 Å². The smallest absolute Gasteiger partial charge is 0.274 e. The van der Waals surface area contributed by atoms with Crippen LogP contribution in [0.2, 0.25) is 0 Å². The molecule has 7 heteroatoms. The second-order valence-corrected chi connectivity index (χ2v) is 8.51. The van der Waals surface area contributed by atoms with E-state index in [9.17, 15) is 9.59 Å². The number of amides is 2. The number of carbonyl (C=O) groups excluding carboxylic acids is 2. The van der Waals surface area contributed by atoms with Gasteiger partial charge in [0.25, 0.3) is 5.91 Å². The van der Waals surface area contributed by atoms with Crippen LogP contribution in [0.1, 0.15) is 34.8 Å². The molecule has 2 heterocycles. The van der Waals surface area contributed by atoms with Crippen molar-refractivity contribution in [1.82, 2.24) is 9.88 Å². The van der Waals surface area contributed by atoms with Crippen LogP contribution in [0, 0.1) is 18.8 Å². The van der Waals surface area contributed by atoms with Crippen molar-refractivity contribution in [3.05, 3.63) is 35.0 Å². The number of aromatic nitrogens is 1. The van der Waals surface area contributed by atoms with Gasteiger partial charge in [-0.15, -0.1) is 11.3 Å². The van der Waals surface area contributed by atoms with Crippen LogP contribution >= 0.6 is 11.3 Å². The predicted molar refractivity (Wildman–Crippen MR) is 104 cm³/mol.